The van der Waals surface area contributed by atoms with Gasteiger partial charge in [-0.2, -0.15) is 0 Å². The molecule has 24 heavy (non-hydrogen) atoms. The Labute approximate surface area is 144 Å². The highest BCUT2D eigenvalue weighted by atomic mass is 35.5. The summed E-state index contributed by atoms with van der Waals surface area (Å²) >= 11 is 6.15. The van der Waals surface area contributed by atoms with Gasteiger partial charge in [-0.1, -0.05) is 29.8 Å². The molecular weight excluding hydrogens is 328 g/mol. The fourth-order valence-corrected chi connectivity index (χ4v) is 2.77. The molecule has 124 valence electrons. The zero-order valence-electron chi connectivity index (χ0n) is 13.4. The van der Waals surface area contributed by atoms with Gasteiger partial charge >= 0.3 is 5.97 Å². The maximum absolute atomic E-state index is 12.4. The number of benzene rings is 2. The smallest absolute Gasteiger partial charge is 0.357 e. The van der Waals surface area contributed by atoms with Crippen LogP contribution in [0.25, 0.3) is 10.9 Å². The number of fused-ring (bicyclic) bond motifs is 1. The van der Waals surface area contributed by atoms with Gasteiger partial charge in [-0.25, -0.2) is 9.86 Å². The maximum atomic E-state index is 12.4. The summed E-state index contributed by atoms with van der Waals surface area (Å²) in [5.74, 6) is -0.446. The molecule has 0 aliphatic carbocycles. The Morgan fingerprint density at radius 3 is 2.62 bits per heavy atom. The summed E-state index contributed by atoms with van der Waals surface area (Å²) in [4.78, 5) is 21.1. The third kappa shape index (κ3) is 2.96. The molecule has 3 aromatic rings. The van der Waals surface area contributed by atoms with Gasteiger partial charge in [0.25, 0.3) is 0 Å². The van der Waals surface area contributed by atoms with Crippen molar-refractivity contribution in [2.75, 3.05) is 18.8 Å². The van der Waals surface area contributed by atoms with Crippen LogP contribution < -0.4 is 5.06 Å². The second-order valence-corrected chi connectivity index (χ2v) is 5.51. The number of ether oxygens (including phenoxy) is 1. The maximum Gasteiger partial charge on any atom is 0.357 e. The van der Waals surface area contributed by atoms with Gasteiger partial charge in [0, 0.05) is 15.9 Å². The minimum absolute atomic E-state index is 0.284. The second-order valence-electron chi connectivity index (χ2n) is 5.07. The number of carbonyl (C=O) groups excluding carboxylic acids is 1. The molecule has 0 saturated heterocycles. The van der Waals surface area contributed by atoms with E-state index >= 15 is 0 Å². The van der Waals surface area contributed by atoms with Crippen molar-refractivity contribution in [1.82, 2.24) is 4.98 Å². The number of hydrogen-bond donors (Lipinski definition) is 1. The van der Waals surface area contributed by atoms with Crippen LogP contribution in [0.2, 0.25) is 5.02 Å². The monoisotopic (exact) mass is 344 g/mol. The third-order valence-electron chi connectivity index (χ3n) is 3.59. The van der Waals surface area contributed by atoms with Crippen LogP contribution in [0.3, 0.4) is 0 Å². The molecule has 0 fully saturated rings. The number of anilines is 2. The molecule has 0 spiro atoms. The quantitative estimate of drug-likeness (QED) is 0.538. The number of hydrogen-bond acceptors (Lipinski definition) is 4. The summed E-state index contributed by atoms with van der Waals surface area (Å²) in [7, 11) is 1.55. The summed E-state index contributed by atoms with van der Waals surface area (Å²) in [5, 5.41) is 2.93. The Balaban J connectivity index is 2.24. The Bertz CT molecular complexity index is 861. The molecule has 0 atom stereocenters. The molecule has 1 N–H and O–H groups in total. The fraction of sp³-hybridized carbons (Fsp3) is 0.167. The minimum atomic E-state index is -0.446. The molecule has 1 aromatic heterocycles. The molecule has 0 radical (unpaired) electrons. The molecule has 0 aliphatic heterocycles. The zero-order valence-corrected chi connectivity index (χ0v) is 14.1. The van der Waals surface area contributed by atoms with Crippen molar-refractivity contribution in [3.63, 3.8) is 0 Å². The van der Waals surface area contributed by atoms with Crippen molar-refractivity contribution in [3.8, 4) is 0 Å². The predicted molar refractivity (Wildman–Crippen MR) is 94.9 cm³/mol. The van der Waals surface area contributed by atoms with Crippen LogP contribution in [-0.2, 0) is 9.57 Å². The molecule has 5 nitrogen and oxygen atoms in total. The third-order valence-corrected chi connectivity index (χ3v) is 3.82. The van der Waals surface area contributed by atoms with Crippen molar-refractivity contribution in [1.29, 1.82) is 0 Å². The van der Waals surface area contributed by atoms with Crippen molar-refractivity contribution >= 4 is 39.8 Å². The average Bonchev–Trinajstić information content (AvgIpc) is 2.96. The number of para-hydroxylation sites is 1. The first kappa shape index (κ1) is 16.4. The summed E-state index contributed by atoms with van der Waals surface area (Å²) in [6.07, 6.45) is 0. The number of nitrogens with one attached hydrogen (secondary N) is 1. The first-order chi connectivity index (χ1) is 11.7. The van der Waals surface area contributed by atoms with Crippen molar-refractivity contribution in [2.24, 2.45) is 0 Å². The molecule has 3 rings (SSSR count). The number of esters is 1. The van der Waals surface area contributed by atoms with Crippen LogP contribution in [-0.4, -0.2) is 24.7 Å². The average molecular weight is 345 g/mol. The van der Waals surface area contributed by atoms with Gasteiger partial charge in [0.2, 0.25) is 0 Å². The van der Waals surface area contributed by atoms with Gasteiger partial charge in [-0.3, -0.25) is 4.84 Å². The van der Waals surface area contributed by atoms with E-state index in [0.29, 0.717) is 16.4 Å². The summed E-state index contributed by atoms with van der Waals surface area (Å²) in [5.41, 5.74) is 2.45. The number of nitrogens with zero attached hydrogens (tertiary/aromatic N) is 1. The highest BCUT2D eigenvalue weighted by Gasteiger charge is 2.25. The van der Waals surface area contributed by atoms with E-state index in [2.05, 4.69) is 4.98 Å². The van der Waals surface area contributed by atoms with Gasteiger partial charge in [-0.15, -0.1) is 0 Å². The van der Waals surface area contributed by atoms with Crippen molar-refractivity contribution < 1.29 is 14.4 Å². The van der Waals surface area contributed by atoms with Gasteiger partial charge in [0.1, 0.15) is 5.69 Å². The van der Waals surface area contributed by atoms with E-state index in [9.17, 15) is 4.79 Å². The number of halogens is 1. The minimum Gasteiger partial charge on any atom is -0.461 e. The van der Waals surface area contributed by atoms with Gasteiger partial charge in [0.15, 0.2) is 5.69 Å². The number of aromatic nitrogens is 1. The molecule has 0 aliphatic rings. The van der Waals surface area contributed by atoms with Crippen LogP contribution in [0.15, 0.2) is 48.5 Å². The normalized spacial score (nSPS) is 10.8. The molecule has 0 bridgehead atoms. The molecule has 0 saturated carbocycles. The largest absolute Gasteiger partial charge is 0.461 e. The highest BCUT2D eigenvalue weighted by Crippen LogP contribution is 2.37. The van der Waals surface area contributed by atoms with E-state index < -0.39 is 5.97 Å². The van der Waals surface area contributed by atoms with E-state index in [1.165, 1.54) is 0 Å². The topological polar surface area (TPSA) is 54.6 Å². The molecular formula is C18H17ClN2O3. The lowest BCUT2D eigenvalue weighted by atomic mass is 10.2. The molecule has 1 heterocycles. The Morgan fingerprint density at radius 2 is 1.96 bits per heavy atom. The van der Waals surface area contributed by atoms with Crippen LogP contribution in [0.1, 0.15) is 17.4 Å². The van der Waals surface area contributed by atoms with E-state index in [-0.39, 0.29) is 6.61 Å². The summed E-state index contributed by atoms with van der Waals surface area (Å²) in [6, 6.07) is 14.9. The number of aromatic amines is 1. The second kappa shape index (κ2) is 6.95. The SMILES string of the molecule is CCOC(=O)c1[nH]c2ccc(Cl)cc2c1N(OC)c1ccccc1. The van der Waals surface area contributed by atoms with E-state index in [1.54, 1.807) is 31.2 Å². The van der Waals surface area contributed by atoms with Crippen molar-refractivity contribution in [3.05, 3.63) is 59.2 Å². The Morgan fingerprint density at radius 1 is 1.21 bits per heavy atom. The number of carbonyl (C=O) groups is 1. The van der Waals surface area contributed by atoms with E-state index in [0.717, 1.165) is 16.6 Å². The van der Waals surface area contributed by atoms with Crippen LogP contribution in [0, 0.1) is 0 Å². The number of H-pyrrole nitrogens is 1. The molecule has 0 amide bonds. The Hall–Kier alpha value is -2.50. The predicted octanol–water partition coefficient (Wildman–Crippen LogP) is 4.70. The highest BCUT2D eigenvalue weighted by molar-refractivity contribution is 6.31. The lowest BCUT2D eigenvalue weighted by molar-refractivity contribution is 0.0519. The molecule has 6 heteroatoms. The zero-order chi connectivity index (χ0) is 17.1. The van der Waals surface area contributed by atoms with Crippen LogP contribution >= 0.6 is 11.6 Å². The lowest BCUT2D eigenvalue weighted by Gasteiger charge is -2.22. The van der Waals surface area contributed by atoms with E-state index in [1.807, 2.05) is 36.4 Å². The van der Waals surface area contributed by atoms with Crippen LogP contribution in [0.5, 0.6) is 0 Å². The first-order valence-corrected chi connectivity index (χ1v) is 7.91. The van der Waals surface area contributed by atoms with Gasteiger partial charge < -0.3 is 9.72 Å². The molecule has 0 unspecified atom stereocenters. The van der Waals surface area contributed by atoms with Gasteiger partial charge in [0.05, 0.1) is 19.4 Å². The Kier molecular flexibility index (Phi) is 4.74. The first-order valence-electron chi connectivity index (χ1n) is 7.53. The summed E-state index contributed by atoms with van der Waals surface area (Å²) < 4.78 is 5.17. The van der Waals surface area contributed by atoms with E-state index in [4.69, 9.17) is 21.2 Å². The van der Waals surface area contributed by atoms with Crippen molar-refractivity contribution in [2.45, 2.75) is 6.92 Å². The summed E-state index contributed by atoms with van der Waals surface area (Å²) in [6.45, 7) is 2.05. The van der Waals surface area contributed by atoms with Gasteiger partial charge in [-0.05, 0) is 37.3 Å². The van der Waals surface area contributed by atoms with Crippen LogP contribution in [0.4, 0.5) is 11.4 Å². The number of rotatable bonds is 5. The lowest BCUT2D eigenvalue weighted by Crippen LogP contribution is -2.18. The fourth-order valence-electron chi connectivity index (χ4n) is 2.60. The standard InChI is InChI=1S/C18H17ClN2O3/c1-3-24-18(22)16-17(14-11-12(19)9-10-15(14)20-16)21(23-2)13-7-5-4-6-8-13/h4-11,20H,3H2,1-2H3. The molecule has 2 aromatic carbocycles.